The molecule has 0 unspecified atom stereocenters. The van der Waals surface area contributed by atoms with E-state index in [2.05, 4.69) is 36.2 Å². The Hall–Kier alpha value is -2.58. The van der Waals surface area contributed by atoms with E-state index in [0.717, 1.165) is 29.7 Å². The highest BCUT2D eigenvalue weighted by Gasteiger charge is 2.58. The van der Waals surface area contributed by atoms with Crippen molar-refractivity contribution in [2.45, 2.75) is 56.8 Å². The SMILES string of the molecule is CN(c1ccc(-c2ccc(C(=O)N3CC[C@H](O)C3)cc2)cc1)C1CCN(CC2(C(F)(F)F)CCC2)CC1. The number of halogens is 3. The first-order valence-corrected chi connectivity index (χ1v) is 13.3. The molecule has 2 saturated heterocycles. The van der Waals surface area contributed by atoms with Gasteiger partial charge in [0.2, 0.25) is 0 Å². The van der Waals surface area contributed by atoms with Gasteiger partial charge < -0.3 is 19.8 Å². The van der Waals surface area contributed by atoms with E-state index < -0.39 is 17.7 Å². The molecule has 1 aliphatic carbocycles. The second kappa shape index (κ2) is 10.3. The summed E-state index contributed by atoms with van der Waals surface area (Å²) in [6.07, 6.45) is -0.974. The van der Waals surface area contributed by atoms with E-state index in [-0.39, 0.29) is 25.3 Å². The van der Waals surface area contributed by atoms with Crippen molar-refractivity contribution in [3.05, 3.63) is 54.1 Å². The van der Waals surface area contributed by atoms with Gasteiger partial charge in [-0.15, -0.1) is 0 Å². The molecule has 0 spiro atoms. The summed E-state index contributed by atoms with van der Waals surface area (Å²) in [6.45, 7) is 2.53. The van der Waals surface area contributed by atoms with Gasteiger partial charge in [-0.05, 0) is 67.5 Å². The number of aliphatic hydroxyl groups is 1. The molecule has 2 aliphatic heterocycles. The lowest BCUT2D eigenvalue weighted by Crippen LogP contribution is -2.54. The van der Waals surface area contributed by atoms with Crippen LogP contribution in [-0.4, -0.2) is 78.9 Å². The largest absolute Gasteiger partial charge is 0.395 e. The predicted molar refractivity (Wildman–Crippen MR) is 139 cm³/mol. The van der Waals surface area contributed by atoms with Gasteiger partial charge in [0.15, 0.2) is 0 Å². The van der Waals surface area contributed by atoms with Gasteiger partial charge in [-0.2, -0.15) is 13.2 Å². The normalized spacial score (nSPS) is 22.6. The van der Waals surface area contributed by atoms with E-state index in [1.165, 1.54) is 0 Å². The summed E-state index contributed by atoms with van der Waals surface area (Å²) < 4.78 is 40.7. The first-order chi connectivity index (χ1) is 17.6. The Balaban J connectivity index is 1.15. The number of aliphatic hydroxyl groups excluding tert-OH is 1. The lowest BCUT2D eigenvalue weighted by molar-refractivity contribution is -0.256. The number of hydrogen-bond donors (Lipinski definition) is 1. The number of alkyl halides is 3. The summed E-state index contributed by atoms with van der Waals surface area (Å²) in [5, 5.41) is 9.69. The molecule has 1 amide bonds. The minimum absolute atomic E-state index is 0.0487. The van der Waals surface area contributed by atoms with E-state index >= 15 is 0 Å². The van der Waals surface area contributed by atoms with E-state index in [4.69, 9.17) is 0 Å². The number of anilines is 1. The highest BCUT2D eigenvalue weighted by atomic mass is 19.4. The Labute approximate surface area is 216 Å². The van der Waals surface area contributed by atoms with Crippen molar-refractivity contribution in [1.29, 1.82) is 0 Å². The number of carbonyl (C=O) groups is 1. The summed E-state index contributed by atoms with van der Waals surface area (Å²) in [4.78, 5) is 18.6. The van der Waals surface area contributed by atoms with Crippen LogP contribution in [0, 0.1) is 5.41 Å². The Morgan fingerprint density at radius 3 is 2.05 bits per heavy atom. The molecule has 5 rings (SSSR count). The number of likely N-dealkylation sites (tertiary alicyclic amines) is 2. The molecule has 0 aromatic heterocycles. The average Bonchev–Trinajstić information content (AvgIpc) is 3.31. The minimum Gasteiger partial charge on any atom is -0.391 e. The minimum atomic E-state index is -4.10. The number of rotatable bonds is 6. The molecule has 3 fully saturated rings. The third kappa shape index (κ3) is 5.36. The molecule has 3 aliphatic rings. The quantitative estimate of drug-likeness (QED) is 0.575. The molecule has 5 nitrogen and oxygen atoms in total. The van der Waals surface area contributed by atoms with E-state index in [0.29, 0.717) is 50.6 Å². The van der Waals surface area contributed by atoms with Gasteiger partial charge in [0.1, 0.15) is 0 Å². The topological polar surface area (TPSA) is 47.0 Å². The second-order valence-corrected chi connectivity index (χ2v) is 11.1. The van der Waals surface area contributed by atoms with E-state index in [1.54, 1.807) is 4.90 Å². The fourth-order valence-electron chi connectivity index (χ4n) is 6.04. The van der Waals surface area contributed by atoms with Gasteiger partial charge in [0.05, 0.1) is 11.5 Å². The average molecular weight is 516 g/mol. The number of amides is 1. The fraction of sp³-hybridized carbons (Fsp3) is 0.552. The Morgan fingerprint density at radius 2 is 1.57 bits per heavy atom. The molecular weight excluding hydrogens is 479 g/mol. The maximum atomic E-state index is 13.6. The molecule has 1 saturated carbocycles. The van der Waals surface area contributed by atoms with Crippen molar-refractivity contribution in [3.8, 4) is 11.1 Å². The third-order valence-electron chi connectivity index (χ3n) is 8.73. The highest BCUT2D eigenvalue weighted by Crippen LogP contribution is 2.53. The number of piperidine rings is 1. The first kappa shape index (κ1) is 26.0. The number of carbonyl (C=O) groups excluding carboxylic acids is 1. The molecular formula is C29H36F3N3O2. The van der Waals surface area contributed by atoms with Crippen LogP contribution < -0.4 is 4.90 Å². The van der Waals surface area contributed by atoms with Crippen LogP contribution in [0.25, 0.3) is 11.1 Å². The molecule has 2 aromatic rings. The molecule has 2 heterocycles. The molecule has 1 atom stereocenters. The first-order valence-electron chi connectivity index (χ1n) is 13.3. The zero-order valence-electron chi connectivity index (χ0n) is 21.4. The molecule has 0 radical (unpaired) electrons. The van der Waals surface area contributed by atoms with Crippen molar-refractivity contribution in [2.75, 3.05) is 44.7 Å². The maximum Gasteiger partial charge on any atom is 0.395 e. The van der Waals surface area contributed by atoms with Crippen LogP contribution in [0.2, 0.25) is 0 Å². The zero-order valence-corrected chi connectivity index (χ0v) is 21.4. The summed E-state index contributed by atoms with van der Waals surface area (Å²) in [6, 6.07) is 16.2. The van der Waals surface area contributed by atoms with Gasteiger partial charge in [0, 0.05) is 57.1 Å². The highest BCUT2D eigenvalue weighted by molar-refractivity contribution is 5.95. The number of hydrogen-bond acceptors (Lipinski definition) is 4. The summed E-state index contributed by atoms with van der Waals surface area (Å²) in [7, 11) is 2.06. The monoisotopic (exact) mass is 515 g/mol. The summed E-state index contributed by atoms with van der Waals surface area (Å²) >= 11 is 0. The van der Waals surface area contributed by atoms with Gasteiger partial charge in [-0.3, -0.25) is 4.79 Å². The van der Waals surface area contributed by atoms with E-state index in [1.807, 2.05) is 29.2 Å². The third-order valence-corrected chi connectivity index (χ3v) is 8.73. The lowest BCUT2D eigenvalue weighted by Gasteiger charge is -2.48. The molecule has 200 valence electrons. The van der Waals surface area contributed by atoms with Gasteiger partial charge >= 0.3 is 6.18 Å². The Kier molecular flexibility index (Phi) is 7.24. The van der Waals surface area contributed by atoms with Crippen molar-refractivity contribution >= 4 is 11.6 Å². The smallest absolute Gasteiger partial charge is 0.391 e. The van der Waals surface area contributed by atoms with Crippen LogP contribution in [0.15, 0.2) is 48.5 Å². The van der Waals surface area contributed by atoms with Crippen molar-refractivity contribution in [2.24, 2.45) is 5.41 Å². The summed E-state index contributed by atoms with van der Waals surface area (Å²) in [5.41, 5.74) is 2.31. The maximum absolute atomic E-state index is 13.6. The van der Waals surface area contributed by atoms with Crippen LogP contribution in [-0.2, 0) is 0 Å². The number of nitrogens with zero attached hydrogens (tertiary/aromatic N) is 3. The number of benzene rings is 2. The van der Waals surface area contributed by atoms with Crippen molar-refractivity contribution in [1.82, 2.24) is 9.80 Å². The Bertz CT molecular complexity index is 1080. The standard InChI is InChI=1S/C29H36F3N3O2/c1-33(25-11-16-34(17-12-25)20-28(14-2-15-28)29(30,31)32)24-9-7-22(8-10-24)21-3-5-23(6-4-21)27(37)35-18-13-26(36)19-35/h3-10,25-26,36H,2,11-20H2,1H3/t26-/m0/s1. The molecule has 0 bridgehead atoms. The van der Waals surface area contributed by atoms with E-state index in [9.17, 15) is 23.1 Å². The second-order valence-electron chi connectivity index (χ2n) is 11.1. The van der Waals surface area contributed by atoms with Crippen LogP contribution in [0.1, 0.15) is 48.9 Å². The molecule has 8 heteroatoms. The lowest BCUT2D eigenvalue weighted by atomic mass is 9.67. The zero-order chi connectivity index (χ0) is 26.2. The van der Waals surface area contributed by atoms with Gasteiger partial charge in [-0.25, -0.2) is 0 Å². The predicted octanol–water partition coefficient (Wildman–Crippen LogP) is 5.19. The van der Waals surface area contributed by atoms with Crippen molar-refractivity contribution < 1.29 is 23.1 Å². The van der Waals surface area contributed by atoms with Crippen LogP contribution >= 0.6 is 0 Å². The summed E-state index contributed by atoms with van der Waals surface area (Å²) in [5.74, 6) is -0.0487. The fourth-order valence-corrected chi connectivity index (χ4v) is 6.04. The van der Waals surface area contributed by atoms with Gasteiger partial charge in [-0.1, -0.05) is 30.7 Å². The Morgan fingerprint density at radius 1 is 0.973 bits per heavy atom. The van der Waals surface area contributed by atoms with Gasteiger partial charge in [0.25, 0.3) is 5.91 Å². The van der Waals surface area contributed by atoms with Crippen LogP contribution in [0.3, 0.4) is 0 Å². The molecule has 2 aromatic carbocycles. The molecule has 37 heavy (non-hydrogen) atoms. The number of β-amino-alcohol motifs (C(OH)–C–C–N with tert-alkyl or cyclic N) is 1. The molecule has 1 N–H and O–H groups in total. The van der Waals surface area contributed by atoms with Crippen LogP contribution in [0.5, 0.6) is 0 Å². The van der Waals surface area contributed by atoms with Crippen molar-refractivity contribution in [3.63, 3.8) is 0 Å². The van der Waals surface area contributed by atoms with Crippen LogP contribution in [0.4, 0.5) is 18.9 Å².